The van der Waals surface area contributed by atoms with Crippen molar-refractivity contribution in [1.82, 2.24) is 19.9 Å². The molecular weight excluding hydrogens is 336 g/mol. The molecule has 1 atom stereocenters. The molecule has 3 aromatic rings. The lowest BCUT2D eigenvalue weighted by Gasteiger charge is -2.67. The van der Waals surface area contributed by atoms with Gasteiger partial charge >= 0.3 is 0 Å². The zero-order valence-electron chi connectivity index (χ0n) is 13.7. The maximum Gasteiger partial charge on any atom is 0.272 e. The Morgan fingerprint density at radius 2 is 2.04 bits per heavy atom. The minimum atomic E-state index is -0.125. The van der Waals surface area contributed by atoms with Crippen molar-refractivity contribution in [3.8, 4) is 11.3 Å². The van der Waals surface area contributed by atoms with Crippen LogP contribution in [0.2, 0.25) is 5.02 Å². The highest BCUT2D eigenvalue weighted by atomic mass is 35.5. The molecule has 3 saturated carbocycles. The van der Waals surface area contributed by atoms with E-state index >= 15 is 0 Å². The van der Waals surface area contributed by atoms with Crippen LogP contribution in [0.25, 0.3) is 16.9 Å². The van der Waals surface area contributed by atoms with Crippen molar-refractivity contribution >= 4 is 23.2 Å². The number of hydrogen-bond acceptors (Lipinski definition) is 3. The van der Waals surface area contributed by atoms with Crippen molar-refractivity contribution in [2.45, 2.75) is 25.3 Å². The van der Waals surface area contributed by atoms with Gasteiger partial charge in [-0.15, -0.1) is 0 Å². The molecule has 0 saturated heterocycles. The number of fused-ring (bicyclic) bond motifs is 1. The molecular formula is C19H17ClN4O. The molecule has 3 aliphatic rings. The van der Waals surface area contributed by atoms with E-state index in [0.717, 1.165) is 24.3 Å². The highest BCUT2D eigenvalue weighted by Gasteiger charge is 2.63. The van der Waals surface area contributed by atoms with E-state index in [0.29, 0.717) is 28.0 Å². The van der Waals surface area contributed by atoms with Crippen LogP contribution in [0.5, 0.6) is 0 Å². The summed E-state index contributed by atoms with van der Waals surface area (Å²) < 4.78 is 1.71. The molecule has 1 aromatic carbocycles. The molecule has 0 spiro atoms. The van der Waals surface area contributed by atoms with Crippen LogP contribution in [0, 0.1) is 11.8 Å². The van der Waals surface area contributed by atoms with Gasteiger partial charge in [-0.1, -0.05) is 30.7 Å². The average Bonchev–Trinajstić information content (AvgIpc) is 2.98. The first-order valence-electron chi connectivity index (χ1n) is 8.50. The Morgan fingerprint density at radius 1 is 1.28 bits per heavy atom. The molecule has 0 unspecified atom stereocenters. The molecule has 5 nitrogen and oxygen atoms in total. The van der Waals surface area contributed by atoms with E-state index in [4.69, 9.17) is 11.6 Å². The Bertz CT molecular complexity index is 988. The van der Waals surface area contributed by atoms with Crippen LogP contribution in [-0.4, -0.2) is 26.0 Å². The summed E-state index contributed by atoms with van der Waals surface area (Å²) in [5.41, 5.74) is 2.61. The number of nitrogens with zero attached hydrogens (tertiary/aromatic N) is 3. The summed E-state index contributed by atoms with van der Waals surface area (Å²) in [6.07, 6.45) is 3.86. The van der Waals surface area contributed by atoms with Gasteiger partial charge in [-0.05, 0) is 48.9 Å². The van der Waals surface area contributed by atoms with Crippen molar-refractivity contribution in [3.63, 3.8) is 0 Å². The lowest BCUT2D eigenvalue weighted by molar-refractivity contribution is -0.118. The first kappa shape index (κ1) is 14.9. The van der Waals surface area contributed by atoms with Gasteiger partial charge in [-0.2, -0.15) is 5.10 Å². The maximum absolute atomic E-state index is 13.0. The summed E-state index contributed by atoms with van der Waals surface area (Å²) in [4.78, 5) is 17.6. The third-order valence-electron chi connectivity index (χ3n) is 5.92. The van der Waals surface area contributed by atoms with E-state index < -0.39 is 0 Å². The van der Waals surface area contributed by atoms with E-state index in [1.54, 1.807) is 10.7 Å². The number of imidazole rings is 1. The Labute approximate surface area is 150 Å². The monoisotopic (exact) mass is 352 g/mol. The van der Waals surface area contributed by atoms with Gasteiger partial charge in [0, 0.05) is 22.3 Å². The van der Waals surface area contributed by atoms with E-state index in [9.17, 15) is 4.79 Å². The number of carbonyl (C=O) groups is 1. The minimum Gasteiger partial charge on any atom is -0.345 e. The quantitative estimate of drug-likeness (QED) is 0.783. The summed E-state index contributed by atoms with van der Waals surface area (Å²) in [6.45, 7) is 2.21. The van der Waals surface area contributed by atoms with Crippen molar-refractivity contribution in [1.29, 1.82) is 0 Å². The number of carbonyl (C=O) groups excluding carboxylic acids is 1. The van der Waals surface area contributed by atoms with Crippen LogP contribution in [0.15, 0.2) is 42.6 Å². The van der Waals surface area contributed by atoms with Crippen molar-refractivity contribution in [3.05, 3.63) is 53.3 Å². The predicted molar refractivity (Wildman–Crippen MR) is 95.5 cm³/mol. The van der Waals surface area contributed by atoms with Crippen molar-refractivity contribution < 1.29 is 4.79 Å². The standard InChI is InChI=1S/C19H17ClN4O/c1-11-13-9-19(11,10-13)23-18(25)16-17(12-4-6-14(20)7-5-12)24-15(22-16)3-2-8-21-24/h2-8,11,13H,9-10H2,1H3,(H,23,25)/t11-,13?,19?/m1/s1. The van der Waals surface area contributed by atoms with Crippen LogP contribution in [0.4, 0.5) is 0 Å². The first-order valence-corrected chi connectivity index (χ1v) is 8.87. The average molecular weight is 353 g/mol. The number of benzene rings is 1. The number of aromatic nitrogens is 3. The van der Waals surface area contributed by atoms with Gasteiger partial charge in [0.05, 0.1) is 0 Å². The smallest absolute Gasteiger partial charge is 0.272 e. The molecule has 6 heteroatoms. The second-order valence-corrected chi connectivity index (χ2v) is 7.61. The fraction of sp³-hybridized carbons (Fsp3) is 0.316. The summed E-state index contributed by atoms with van der Waals surface area (Å²) in [5.74, 6) is 1.21. The third-order valence-corrected chi connectivity index (χ3v) is 6.17. The van der Waals surface area contributed by atoms with Gasteiger partial charge < -0.3 is 5.32 Å². The molecule has 0 aliphatic heterocycles. The fourth-order valence-electron chi connectivity index (χ4n) is 4.15. The molecule has 1 amide bonds. The summed E-state index contributed by atoms with van der Waals surface area (Å²) in [6, 6.07) is 11.1. The second-order valence-electron chi connectivity index (χ2n) is 7.18. The van der Waals surface area contributed by atoms with Crippen LogP contribution in [-0.2, 0) is 0 Å². The minimum absolute atomic E-state index is 0.0255. The van der Waals surface area contributed by atoms with Crippen LogP contribution in [0.3, 0.4) is 0 Å². The number of hydrogen-bond donors (Lipinski definition) is 1. The maximum atomic E-state index is 13.0. The molecule has 3 fully saturated rings. The molecule has 3 aliphatic carbocycles. The number of amides is 1. The zero-order chi connectivity index (χ0) is 17.2. The van der Waals surface area contributed by atoms with E-state index in [1.807, 2.05) is 36.4 Å². The molecule has 0 radical (unpaired) electrons. The number of halogens is 1. The second kappa shape index (κ2) is 5.05. The topological polar surface area (TPSA) is 59.3 Å². The van der Waals surface area contributed by atoms with Crippen molar-refractivity contribution in [2.75, 3.05) is 0 Å². The predicted octanol–water partition coefficient (Wildman–Crippen LogP) is 3.58. The van der Waals surface area contributed by atoms with Crippen LogP contribution >= 0.6 is 11.6 Å². The summed E-state index contributed by atoms with van der Waals surface area (Å²) >= 11 is 6.01. The van der Waals surface area contributed by atoms with Crippen molar-refractivity contribution in [2.24, 2.45) is 11.8 Å². The van der Waals surface area contributed by atoms with E-state index in [2.05, 4.69) is 22.3 Å². The first-order chi connectivity index (χ1) is 12.1. The fourth-order valence-corrected chi connectivity index (χ4v) is 4.27. The van der Waals surface area contributed by atoms with Crippen LogP contribution in [0.1, 0.15) is 30.3 Å². The Balaban J connectivity index is 1.61. The molecule has 2 aromatic heterocycles. The SMILES string of the molecule is C[C@@H]1C2CC1(NC(=O)c1nc3cccnn3c1-c1ccc(Cl)cc1)C2. The highest BCUT2D eigenvalue weighted by molar-refractivity contribution is 6.30. The van der Waals surface area contributed by atoms with E-state index in [-0.39, 0.29) is 11.4 Å². The Kier molecular flexibility index (Phi) is 3.01. The lowest BCUT2D eigenvalue weighted by Crippen LogP contribution is -2.74. The summed E-state index contributed by atoms with van der Waals surface area (Å²) in [5, 5.41) is 8.27. The highest BCUT2D eigenvalue weighted by Crippen LogP contribution is 2.61. The van der Waals surface area contributed by atoms with Gasteiger partial charge in [-0.3, -0.25) is 4.79 Å². The Hall–Kier alpha value is -2.40. The summed E-state index contributed by atoms with van der Waals surface area (Å²) in [7, 11) is 0. The molecule has 1 N–H and O–H groups in total. The van der Waals surface area contributed by atoms with Gasteiger partial charge in [0.2, 0.25) is 0 Å². The number of nitrogens with one attached hydrogen (secondary N) is 1. The largest absolute Gasteiger partial charge is 0.345 e. The number of rotatable bonds is 3. The molecule has 2 heterocycles. The normalized spacial score (nSPS) is 26.8. The third kappa shape index (κ3) is 2.05. The van der Waals surface area contributed by atoms with Gasteiger partial charge in [0.1, 0.15) is 5.69 Å². The zero-order valence-corrected chi connectivity index (χ0v) is 14.5. The lowest BCUT2D eigenvalue weighted by atomic mass is 9.43. The molecule has 6 rings (SSSR count). The Morgan fingerprint density at radius 3 is 2.68 bits per heavy atom. The molecule has 2 bridgehead atoms. The molecule has 25 heavy (non-hydrogen) atoms. The van der Waals surface area contributed by atoms with Gasteiger partial charge in [0.25, 0.3) is 5.91 Å². The van der Waals surface area contributed by atoms with Gasteiger partial charge in [-0.25, -0.2) is 9.50 Å². The van der Waals surface area contributed by atoms with Gasteiger partial charge in [0.15, 0.2) is 11.3 Å². The van der Waals surface area contributed by atoms with E-state index in [1.165, 1.54) is 0 Å². The molecule has 126 valence electrons. The van der Waals surface area contributed by atoms with Crippen LogP contribution < -0.4 is 5.32 Å².